The Balaban J connectivity index is 0.842. The highest BCUT2D eigenvalue weighted by molar-refractivity contribution is 5.97. The van der Waals surface area contributed by atoms with Crippen molar-refractivity contribution < 1.29 is 57.2 Å². The number of nitriles is 1. The summed E-state index contributed by atoms with van der Waals surface area (Å²) in [6.45, 7) is 6.39. The van der Waals surface area contributed by atoms with Gasteiger partial charge in [0.25, 0.3) is 5.91 Å². The predicted molar refractivity (Wildman–Crippen MR) is 300 cm³/mol. The number of anilines is 3. The summed E-state index contributed by atoms with van der Waals surface area (Å²) >= 11 is 0. The van der Waals surface area contributed by atoms with Crippen molar-refractivity contribution in [3.05, 3.63) is 138 Å². The lowest BCUT2D eigenvalue weighted by Gasteiger charge is -2.42. The van der Waals surface area contributed by atoms with Crippen LogP contribution in [0, 0.1) is 29.2 Å². The molecule has 5 atom stereocenters. The molecule has 4 amide bonds. The number of guanidine groups is 1. The number of aliphatic imine (C=N–C) groups is 1. The molecule has 2 aliphatic heterocycles. The molecule has 21 heteroatoms. The molecule has 3 aliphatic rings. The molecule has 81 heavy (non-hydrogen) atoms. The number of carbonyl (C=O) groups excluding carboxylic acids is 6. The van der Waals surface area contributed by atoms with Crippen molar-refractivity contribution in [1.82, 2.24) is 20.5 Å². The van der Waals surface area contributed by atoms with Gasteiger partial charge in [-0.3, -0.25) is 35.0 Å². The van der Waals surface area contributed by atoms with Crippen molar-refractivity contribution in [3.63, 3.8) is 0 Å². The van der Waals surface area contributed by atoms with Crippen LogP contribution in [-0.2, 0) is 44.7 Å². The van der Waals surface area contributed by atoms with Gasteiger partial charge in [0, 0.05) is 86.6 Å². The number of amides is 4. The second kappa shape index (κ2) is 28.2. The number of nitrogens with one attached hydrogen (secondary N) is 5. The molecule has 0 spiro atoms. The number of methoxy groups -OCH3 is 1. The van der Waals surface area contributed by atoms with Crippen molar-refractivity contribution in [2.24, 2.45) is 22.7 Å². The molecule has 0 radical (unpaired) electrons. The number of alkyl carbamates (subject to hydrolysis) is 1. The topological polar surface area (TPSA) is 270 Å². The first kappa shape index (κ1) is 58.1. The quantitative estimate of drug-likeness (QED) is 0.00927. The van der Waals surface area contributed by atoms with E-state index in [-0.39, 0.29) is 49.4 Å². The summed E-state index contributed by atoms with van der Waals surface area (Å²) in [6, 6.07) is 31.0. The number of ether oxygens (including phenoxy) is 6. The van der Waals surface area contributed by atoms with Crippen LogP contribution >= 0.6 is 0 Å². The molecule has 4 aromatic carbocycles. The van der Waals surface area contributed by atoms with Crippen LogP contribution in [0.1, 0.15) is 92.3 Å². The molecule has 2 fully saturated rings. The number of esters is 2. The number of benzene rings is 4. The molecule has 2 saturated heterocycles. The molecule has 0 unspecified atom stereocenters. The third-order valence-corrected chi connectivity index (χ3v) is 14.7. The number of pyridine rings is 1. The molecular formula is C60H67N9O12. The van der Waals surface area contributed by atoms with Crippen molar-refractivity contribution in [1.29, 1.82) is 5.26 Å². The summed E-state index contributed by atoms with van der Waals surface area (Å²) in [5.74, 6) is -2.05. The van der Waals surface area contributed by atoms with Gasteiger partial charge < -0.3 is 49.3 Å². The Morgan fingerprint density at radius 3 is 2.23 bits per heavy atom. The predicted octanol–water partition coefficient (Wildman–Crippen LogP) is 8.74. The minimum absolute atomic E-state index is 0.0673. The summed E-state index contributed by atoms with van der Waals surface area (Å²) in [7, 11) is 1.19. The molecule has 424 valence electrons. The van der Waals surface area contributed by atoms with E-state index in [9.17, 15) is 28.8 Å². The lowest BCUT2D eigenvalue weighted by atomic mass is 9.84. The molecule has 21 nitrogen and oxygen atoms in total. The van der Waals surface area contributed by atoms with Crippen molar-refractivity contribution in [2.45, 2.75) is 90.3 Å². The van der Waals surface area contributed by atoms with Crippen LogP contribution in [0.3, 0.4) is 0 Å². The number of hydrogen-bond donors (Lipinski definition) is 5. The van der Waals surface area contributed by atoms with Crippen LogP contribution in [-0.4, -0.2) is 110 Å². The summed E-state index contributed by atoms with van der Waals surface area (Å²) in [5.41, 5.74) is 6.49. The molecule has 1 aliphatic carbocycles. The van der Waals surface area contributed by atoms with Crippen LogP contribution in [0.25, 0.3) is 11.1 Å². The van der Waals surface area contributed by atoms with E-state index in [1.54, 1.807) is 73.9 Å². The fourth-order valence-corrected chi connectivity index (χ4v) is 10.2. The van der Waals surface area contributed by atoms with E-state index in [4.69, 9.17) is 33.7 Å². The number of aromatic nitrogens is 1. The number of nitrogens with zero attached hydrogens (tertiary/aromatic N) is 4. The fourth-order valence-electron chi connectivity index (χ4n) is 10.2. The van der Waals surface area contributed by atoms with Crippen LogP contribution in [0.15, 0.2) is 121 Å². The molecule has 8 rings (SSSR count). The van der Waals surface area contributed by atoms with Gasteiger partial charge in [-0.1, -0.05) is 87.4 Å². The van der Waals surface area contributed by atoms with Gasteiger partial charge in [0.2, 0.25) is 18.2 Å². The number of piperidine rings is 1. The number of carbonyl (C=O) groups is 6. The summed E-state index contributed by atoms with van der Waals surface area (Å²) in [4.78, 5) is 88.7. The molecule has 0 bridgehead atoms. The zero-order valence-corrected chi connectivity index (χ0v) is 45.7. The van der Waals surface area contributed by atoms with Gasteiger partial charge in [0.05, 0.1) is 12.8 Å². The smallest absolute Gasteiger partial charge is 0.411 e. The lowest BCUT2D eigenvalue weighted by molar-refractivity contribution is -0.243. The van der Waals surface area contributed by atoms with Crippen molar-refractivity contribution in [3.8, 4) is 23.1 Å². The third-order valence-electron chi connectivity index (χ3n) is 14.7. The van der Waals surface area contributed by atoms with E-state index < -0.39 is 60.4 Å². The van der Waals surface area contributed by atoms with Crippen LogP contribution < -0.4 is 31.3 Å². The van der Waals surface area contributed by atoms with Gasteiger partial charge >= 0.3 is 24.1 Å². The zero-order valence-electron chi connectivity index (χ0n) is 45.7. The Labute approximate surface area is 470 Å². The SMILES string of the molecule is COC(=O)[C@H]1O[C@@H](Oc2ccc(COC(=O)Nc3cccc(C(=O)N4CCC(CCCCN=C(NC#N)Nc5ccncc5)CC4)c3)cc2NC(=O)CCNC(=O)OCC2c3ccccc3-c3ccccc32)[C@H](C)[C@@H](C)[C@@H]1OC(C)=O. The number of rotatable bonds is 20. The number of hydrogen-bond acceptors (Lipinski definition) is 15. The van der Waals surface area contributed by atoms with Crippen LogP contribution in [0.5, 0.6) is 5.75 Å². The maximum absolute atomic E-state index is 13.7. The largest absolute Gasteiger partial charge is 0.467 e. The van der Waals surface area contributed by atoms with E-state index in [1.165, 1.54) is 14.0 Å². The molecule has 0 saturated carbocycles. The maximum Gasteiger partial charge on any atom is 0.411 e. The highest BCUT2D eigenvalue weighted by Crippen LogP contribution is 2.44. The van der Waals surface area contributed by atoms with Crippen LogP contribution in [0.4, 0.5) is 26.7 Å². The molecule has 5 aromatic rings. The van der Waals surface area contributed by atoms with Gasteiger partial charge in [0.15, 0.2) is 12.3 Å². The monoisotopic (exact) mass is 1110 g/mol. The minimum atomic E-state index is -1.31. The fraction of sp³-hybridized carbons (Fsp3) is 0.383. The second-order valence-corrected chi connectivity index (χ2v) is 20.1. The first-order valence-electron chi connectivity index (χ1n) is 27.1. The first-order chi connectivity index (χ1) is 39.3. The lowest BCUT2D eigenvalue weighted by Crippen LogP contribution is -2.55. The van der Waals surface area contributed by atoms with Gasteiger partial charge in [-0.15, -0.1) is 0 Å². The standard InChI is InChI=1S/C60H67N9O12/c1-37-38(2)57(81-54(56(73)76-4)53(37)79-39(3)70)80-51-20-19-41(32-50(51)68-52(71)23-29-64-59(74)78-35-49-47-17-7-5-15-45(47)46-16-6-8-18-48(46)49)34-77-60(75)67-44-14-11-13-42(33-44)55(72)69-30-24-40(25-31-69)12-9-10-26-63-58(65-36-61)66-43-21-27-62-28-22-43/h5-8,11,13-22,27-28,32-33,37-38,40,49,53-54,57H,9-10,12,23-26,29-31,34-35H2,1-4H3,(H,64,74)(H,67,75)(H,68,71)(H2,62,63,65,66)/t37-,38-,53+,54+,57-/m1/s1. The Hall–Kier alpha value is -9.03. The molecular weight excluding hydrogens is 1040 g/mol. The first-order valence-corrected chi connectivity index (χ1v) is 27.1. The van der Waals surface area contributed by atoms with E-state index in [2.05, 4.69) is 36.6 Å². The average molecular weight is 1110 g/mol. The van der Waals surface area contributed by atoms with E-state index in [0.717, 1.165) is 60.0 Å². The number of fused-ring (bicyclic) bond motifs is 3. The van der Waals surface area contributed by atoms with Gasteiger partial charge in [-0.05, 0) is 95.5 Å². The highest BCUT2D eigenvalue weighted by atomic mass is 16.7. The molecule has 3 heterocycles. The Kier molecular flexibility index (Phi) is 20.2. The third kappa shape index (κ3) is 15.6. The number of unbranched alkanes of at least 4 members (excludes halogenated alkanes) is 1. The summed E-state index contributed by atoms with van der Waals surface area (Å²) in [5, 5.41) is 23.0. The van der Waals surface area contributed by atoms with Gasteiger partial charge in [-0.2, -0.15) is 5.26 Å². The normalized spacial score (nSPS) is 18.6. The van der Waals surface area contributed by atoms with Gasteiger partial charge in [0.1, 0.15) is 25.1 Å². The van der Waals surface area contributed by atoms with E-state index in [1.807, 2.05) is 66.5 Å². The van der Waals surface area contributed by atoms with Crippen molar-refractivity contribution in [2.75, 3.05) is 55.8 Å². The van der Waals surface area contributed by atoms with E-state index >= 15 is 0 Å². The maximum atomic E-state index is 13.7. The highest BCUT2D eigenvalue weighted by Gasteiger charge is 2.48. The Morgan fingerprint density at radius 2 is 1.53 bits per heavy atom. The minimum Gasteiger partial charge on any atom is -0.467 e. The Bertz CT molecular complexity index is 3060. The van der Waals surface area contributed by atoms with Crippen molar-refractivity contribution >= 4 is 59.0 Å². The molecule has 5 N–H and O–H groups in total. The summed E-state index contributed by atoms with van der Waals surface area (Å²) < 4.78 is 34.2. The van der Waals surface area contributed by atoms with Crippen LogP contribution in [0.2, 0.25) is 0 Å². The second-order valence-electron chi connectivity index (χ2n) is 20.1. The Morgan fingerprint density at radius 1 is 0.802 bits per heavy atom. The summed E-state index contributed by atoms with van der Waals surface area (Å²) in [6.07, 6.45) is 4.76. The molecule has 1 aromatic heterocycles. The zero-order chi connectivity index (χ0) is 57.3. The average Bonchev–Trinajstić information content (AvgIpc) is 4.04. The van der Waals surface area contributed by atoms with Gasteiger partial charge in [-0.25, -0.2) is 14.4 Å². The number of likely N-dealkylation sites (tertiary alicyclic amines) is 1. The van der Waals surface area contributed by atoms with E-state index in [0.29, 0.717) is 48.3 Å².